The third-order valence-electron chi connectivity index (χ3n) is 3.67. The maximum absolute atomic E-state index is 11.9. The molecule has 1 fully saturated rings. The van der Waals surface area contributed by atoms with Crippen molar-refractivity contribution in [3.05, 3.63) is 24.3 Å². The van der Waals surface area contributed by atoms with E-state index in [1.165, 1.54) is 0 Å². The molecule has 2 nitrogen and oxygen atoms in total. The van der Waals surface area contributed by atoms with E-state index >= 15 is 0 Å². The van der Waals surface area contributed by atoms with Gasteiger partial charge in [0.15, 0.2) is 0 Å². The van der Waals surface area contributed by atoms with E-state index < -0.39 is 0 Å². The Morgan fingerprint density at radius 3 is 2.27 bits per heavy atom. The van der Waals surface area contributed by atoms with Crippen molar-refractivity contribution in [1.82, 2.24) is 0 Å². The molecule has 0 heterocycles. The van der Waals surface area contributed by atoms with Crippen molar-refractivity contribution in [3.63, 3.8) is 0 Å². The lowest BCUT2D eigenvalue weighted by atomic mass is 9.98. The van der Waals surface area contributed by atoms with E-state index in [9.17, 15) is 4.79 Å². The molecule has 2 rings (SSSR count). The van der Waals surface area contributed by atoms with Crippen LogP contribution in [0, 0.1) is 16.7 Å². The second-order valence-corrected chi connectivity index (χ2v) is 5.29. The molecule has 0 amide bonds. The zero-order valence-electron chi connectivity index (χ0n) is 9.78. The minimum absolute atomic E-state index is 0.00245. The molecule has 82 valence electrons. The number of carbonyl (C=O) groups excluding carboxylic acids is 1. The first-order chi connectivity index (χ1) is 6.92. The largest absolute Gasteiger partial charge is 0.463 e. The highest BCUT2D eigenvalue weighted by Crippen LogP contribution is 2.72. The molecular formula is C13H18O2. The molecule has 1 saturated carbocycles. The lowest BCUT2D eigenvalue weighted by molar-refractivity contribution is -0.150. The molecule has 1 spiro atoms. The van der Waals surface area contributed by atoms with Crippen molar-refractivity contribution in [2.75, 3.05) is 0 Å². The molecule has 0 N–H and O–H groups in total. The summed E-state index contributed by atoms with van der Waals surface area (Å²) >= 11 is 0. The predicted octanol–water partition coefficient (Wildman–Crippen LogP) is 2.71. The fourth-order valence-electron chi connectivity index (χ4n) is 2.73. The molecule has 2 heteroatoms. The molecule has 2 aliphatic rings. The van der Waals surface area contributed by atoms with Crippen molar-refractivity contribution >= 4 is 5.97 Å². The second-order valence-electron chi connectivity index (χ2n) is 5.29. The molecule has 0 bridgehead atoms. The van der Waals surface area contributed by atoms with E-state index in [-0.39, 0.29) is 28.8 Å². The number of ether oxygens (including phenoxy) is 1. The van der Waals surface area contributed by atoms with Crippen molar-refractivity contribution in [2.24, 2.45) is 16.7 Å². The van der Waals surface area contributed by atoms with Gasteiger partial charge in [-0.15, -0.1) is 0 Å². The molecule has 0 aromatic rings. The molecule has 2 aliphatic carbocycles. The van der Waals surface area contributed by atoms with Crippen LogP contribution in [-0.2, 0) is 9.53 Å². The van der Waals surface area contributed by atoms with Gasteiger partial charge in [-0.2, -0.15) is 0 Å². The van der Waals surface area contributed by atoms with Gasteiger partial charge in [-0.25, -0.2) is 0 Å². The summed E-state index contributed by atoms with van der Waals surface area (Å²) < 4.78 is 5.29. The Morgan fingerprint density at radius 2 is 1.80 bits per heavy atom. The Bertz CT molecular complexity index is 336. The minimum atomic E-state index is -0.0705. The quantitative estimate of drug-likeness (QED) is 0.649. The van der Waals surface area contributed by atoms with E-state index in [0.717, 1.165) is 0 Å². The Balaban J connectivity index is 2.16. The summed E-state index contributed by atoms with van der Waals surface area (Å²) in [5.74, 6) is -0.0754. The minimum Gasteiger partial charge on any atom is -0.463 e. The molecule has 1 unspecified atom stereocenters. The van der Waals surface area contributed by atoms with Gasteiger partial charge < -0.3 is 4.74 Å². The van der Waals surface area contributed by atoms with Crippen LogP contribution in [0.15, 0.2) is 24.3 Å². The zero-order chi connectivity index (χ0) is 11.3. The van der Waals surface area contributed by atoms with Crippen molar-refractivity contribution in [3.8, 4) is 0 Å². The summed E-state index contributed by atoms with van der Waals surface area (Å²) in [4.78, 5) is 11.9. The standard InChI is InChI=1S/C13H18O2/c1-9(2)15-11(14)10-12(3,4)13(10)7-5-6-8-13/h5-10H,1-4H3. The van der Waals surface area contributed by atoms with E-state index in [4.69, 9.17) is 4.74 Å². The normalized spacial score (nSPS) is 28.7. The number of esters is 1. The van der Waals surface area contributed by atoms with Gasteiger partial charge >= 0.3 is 5.97 Å². The van der Waals surface area contributed by atoms with E-state index in [1.54, 1.807) is 0 Å². The topological polar surface area (TPSA) is 26.3 Å². The maximum atomic E-state index is 11.9. The van der Waals surface area contributed by atoms with Crippen molar-refractivity contribution in [1.29, 1.82) is 0 Å². The smallest absolute Gasteiger partial charge is 0.311 e. The molecule has 0 aliphatic heterocycles. The van der Waals surface area contributed by atoms with Gasteiger partial charge in [0.05, 0.1) is 12.0 Å². The summed E-state index contributed by atoms with van der Waals surface area (Å²) in [6.45, 7) is 8.03. The molecule has 0 radical (unpaired) electrons. The van der Waals surface area contributed by atoms with Crippen LogP contribution in [0.2, 0.25) is 0 Å². The number of allylic oxidation sites excluding steroid dienone is 4. The number of hydrogen-bond acceptors (Lipinski definition) is 2. The van der Waals surface area contributed by atoms with Crippen molar-refractivity contribution in [2.45, 2.75) is 33.8 Å². The predicted molar refractivity (Wildman–Crippen MR) is 59.2 cm³/mol. The van der Waals surface area contributed by atoms with Crippen LogP contribution in [0.4, 0.5) is 0 Å². The monoisotopic (exact) mass is 206 g/mol. The van der Waals surface area contributed by atoms with Crippen LogP contribution in [0.3, 0.4) is 0 Å². The van der Waals surface area contributed by atoms with Crippen LogP contribution in [0.1, 0.15) is 27.7 Å². The molecule has 15 heavy (non-hydrogen) atoms. The highest BCUT2D eigenvalue weighted by Gasteiger charge is 2.72. The highest BCUT2D eigenvalue weighted by molar-refractivity contribution is 5.81. The fourth-order valence-corrected chi connectivity index (χ4v) is 2.73. The van der Waals surface area contributed by atoms with Gasteiger partial charge in [-0.05, 0) is 19.3 Å². The van der Waals surface area contributed by atoms with Crippen LogP contribution < -0.4 is 0 Å². The van der Waals surface area contributed by atoms with Gasteiger partial charge in [-0.1, -0.05) is 38.2 Å². The first-order valence-corrected chi connectivity index (χ1v) is 5.49. The van der Waals surface area contributed by atoms with Gasteiger partial charge in [0.2, 0.25) is 0 Å². The lowest BCUT2D eigenvalue weighted by Crippen LogP contribution is -2.16. The Morgan fingerprint density at radius 1 is 1.27 bits per heavy atom. The van der Waals surface area contributed by atoms with Gasteiger partial charge in [0.1, 0.15) is 0 Å². The summed E-state index contributed by atoms with van der Waals surface area (Å²) in [5, 5.41) is 0. The molecule has 0 aromatic carbocycles. The maximum Gasteiger partial charge on any atom is 0.311 e. The molecule has 0 saturated heterocycles. The summed E-state index contributed by atoms with van der Waals surface area (Å²) in [7, 11) is 0. The Labute approximate surface area is 91.0 Å². The zero-order valence-corrected chi connectivity index (χ0v) is 9.78. The summed E-state index contributed by atoms with van der Waals surface area (Å²) in [6, 6.07) is 0. The van der Waals surface area contributed by atoms with Gasteiger partial charge in [0.25, 0.3) is 0 Å². The van der Waals surface area contributed by atoms with Crippen molar-refractivity contribution < 1.29 is 9.53 Å². The highest BCUT2D eigenvalue weighted by atomic mass is 16.5. The molecular weight excluding hydrogens is 188 g/mol. The SMILES string of the molecule is CC(C)OC(=O)C1C(C)(C)C12C=CC=C2. The number of hydrogen-bond donors (Lipinski definition) is 0. The average Bonchev–Trinajstić information content (AvgIpc) is 2.47. The first-order valence-electron chi connectivity index (χ1n) is 5.49. The lowest BCUT2D eigenvalue weighted by Gasteiger charge is -2.08. The van der Waals surface area contributed by atoms with E-state index in [0.29, 0.717) is 0 Å². The summed E-state index contributed by atoms with van der Waals surface area (Å²) in [6.07, 6.45) is 8.26. The Kier molecular flexibility index (Phi) is 2.07. The number of carbonyl (C=O) groups is 1. The second kappa shape index (κ2) is 2.97. The molecule has 0 aromatic heterocycles. The van der Waals surface area contributed by atoms with Crippen LogP contribution in [0.5, 0.6) is 0 Å². The fraction of sp³-hybridized carbons (Fsp3) is 0.615. The number of rotatable bonds is 2. The third-order valence-corrected chi connectivity index (χ3v) is 3.67. The van der Waals surface area contributed by atoms with Gasteiger partial charge in [0, 0.05) is 5.41 Å². The summed E-state index contributed by atoms with van der Waals surface area (Å²) in [5.41, 5.74) is -0.0680. The first kappa shape index (κ1) is 10.5. The Hall–Kier alpha value is -1.05. The van der Waals surface area contributed by atoms with E-state index in [1.807, 2.05) is 26.0 Å². The van der Waals surface area contributed by atoms with E-state index in [2.05, 4.69) is 26.0 Å². The molecule has 1 atom stereocenters. The third kappa shape index (κ3) is 1.27. The average molecular weight is 206 g/mol. The van der Waals surface area contributed by atoms with Crippen LogP contribution in [0.25, 0.3) is 0 Å². The van der Waals surface area contributed by atoms with Crippen LogP contribution >= 0.6 is 0 Å². The van der Waals surface area contributed by atoms with Gasteiger partial charge in [-0.3, -0.25) is 4.79 Å². The van der Waals surface area contributed by atoms with Crippen LogP contribution in [-0.4, -0.2) is 12.1 Å².